The Balaban J connectivity index is 0.00000420. The van der Waals surface area contributed by atoms with E-state index in [9.17, 15) is 0 Å². The molecule has 1 aromatic carbocycles. The summed E-state index contributed by atoms with van der Waals surface area (Å²) in [6, 6.07) is 6.12. The number of aromatic nitrogens is 2. The largest absolute Gasteiger partial charge is 0.493 e. The molecule has 0 spiro atoms. The molecule has 2 N–H and O–H groups in total. The predicted molar refractivity (Wildman–Crippen MR) is 129 cm³/mol. The van der Waals surface area contributed by atoms with Gasteiger partial charge in [0.1, 0.15) is 0 Å². The number of nitrogens with one attached hydrogen (secondary N) is 2. The Kier molecular flexibility index (Phi) is 12.2. The zero-order valence-corrected chi connectivity index (χ0v) is 20.2. The van der Waals surface area contributed by atoms with E-state index in [4.69, 9.17) is 9.47 Å². The molecule has 0 aliphatic heterocycles. The number of hydrogen-bond donors (Lipinski definition) is 2. The van der Waals surface area contributed by atoms with Crippen LogP contribution < -0.4 is 20.1 Å². The molecule has 0 atom stereocenters. The fourth-order valence-corrected chi connectivity index (χ4v) is 2.97. The molecule has 7 nitrogen and oxygen atoms in total. The molecule has 1 heterocycles. The number of rotatable bonds is 11. The first-order chi connectivity index (χ1) is 13.7. The van der Waals surface area contributed by atoms with Gasteiger partial charge in [-0.05, 0) is 55.9 Å². The van der Waals surface area contributed by atoms with Crippen LogP contribution >= 0.6 is 24.0 Å². The van der Waals surface area contributed by atoms with Crippen molar-refractivity contribution in [2.45, 2.75) is 32.6 Å². The van der Waals surface area contributed by atoms with Crippen molar-refractivity contribution in [3.05, 3.63) is 41.7 Å². The Morgan fingerprint density at radius 1 is 1.10 bits per heavy atom. The summed E-state index contributed by atoms with van der Waals surface area (Å²) in [4.78, 5) is 4.28. The van der Waals surface area contributed by atoms with Gasteiger partial charge in [0.25, 0.3) is 0 Å². The molecule has 0 bridgehead atoms. The Morgan fingerprint density at radius 3 is 2.34 bits per heavy atom. The zero-order valence-electron chi connectivity index (χ0n) is 17.9. The summed E-state index contributed by atoms with van der Waals surface area (Å²) in [5.41, 5.74) is 2.50. The highest BCUT2D eigenvalue weighted by Crippen LogP contribution is 2.28. The monoisotopic (exact) mass is 515 g/mol. The highest BCUT2D eigenvalue weighted by atomic mass is 127. The molecule has 0 unspecified atom stereocenters. The molecule has 2 rings (SSSR count). The van der Waals surface area contributed by atoms with Crippen LogP contribution in [-0.2, 0) is 19.9 Å². The maximum absolute atomic E-state index is 5.64. The number of aryl methyl sites for hydroxylation is 3. The van der Waals surface area contributed by atoms with Gasteiger partial charge in [-0.3, -0.25) is 9.67 Å². The van der Waals surface area contributed by atoms with E-state index >= 15 is 0 Å². The minimum absolute atomic E-state index is 0. The second kappa shape index (κ2) is 14.1. The van der Waals surface area contributed by atoms with Gasteiger partial charge < -0.3 is 20.1 Å². The van der Waals surface area contributed by atoms with E-state index in [2.05, 4.69) is 39.1 Å². The average Bonchev–Trinajstić information content (AvgIpc) is 3.12. The van der Waals surface area contributed by atoms with Crippen molar-refractivity contribution in [3.8, 4) is 11.5 Å². The lowest BCUT2D eigenvalue weighted by molar-refractivity contribution is 0.310. The molecule has 0 saturated heterocycles. The standard InChI is InChI=1S/C21H33N5O2.HI/c1-5-28-20-14-17(10-11-19(20)27-4)8-6-12-23-21(22-2)24-13-7-9-18-15-25-26(3)16-18;/h10-11,14-16H,5-9,12-13H2,1-4H3,(H2,22,23,24);1H. The van der Waals surface area contributed by atoms with Gasteiger partial charge in [0, 0.05) is 33.4 Å². The minimum Gasteiger partial charge on any atom is -0.493 e. The van der Waals surface area contributed by atoms with Crippen LogP contribution in [0.2, 0.25) is 0 Å². The van der Waals surface area contributed by atoms with Crippen LogP contribution in [0.15, 0.2) is 35.6 Å². The molecule has 0 radical (unpaired) electrons. The zero-order chi connectivity index (χ0) is 20.2. The summed E-state index contributed by atoms with van der Waals surface area (Å²) in [6.07, 6.45) is 8.01. The number of halogens is 1. The lowest BCUT2D eigenvalue weighted by atomic mass is 10.1. The molecular weight excluding hydrogens is 481 g/mol. The van der Waals surface area contributed by atoms with E-state index in [0.717, 1.165) is 56.2 Å². The summed E-state index contributed by atoms with van der Waals surface area (Å²) < 4.78 is 12.8. The second-order valence-electron chi connectivity index (χ2n) is 6.57. The molecule has 0 saturated carbocycles. The average molecular weight is 515 g/mol. The molecule has 0 fully saturated rings. The first-order valence-corrected chi connectivity index (χ1v) is 9.88. The minimum atomic E-state index is 0. The third-order valence-corrected chi connectivity index (χ3v) is 4.38. The molecule has 0 aliphatic rings. The van der Waals surface area contributed by atoms with Crippen molar-refractivity contribution in [1.29, 1.82) is 0 Å². The maximum atomic E-state index is 5.64. The Labute approximate surface area is 191 Å². The van der Waals surface area contributed by atoms with Crippen LogP contribution in [0, 0.1) is 0 Å². The molecule has 8 heteroatoms. The van der Waals surface area contributed by atoms with Gasteiger partial charge in [-0.1, -0.05) is 6.07 Å². The number of hydrogen-bond acceptors (Lipinski definition) is 4. The van der Waals surface area contributed by atoms with Gasteiger partial charge in [-0.2, -0.15) is 5.10 Å². The molecule has 2 aromatic rings. The number of ether oxygens (including phenoxy) is 2. The lowest BCUT2D eigenvalue weighted by Gasteiger charge is -2.13. The fraction of sp³-hybridized carbons (Fsp3) is 0.524. The van der Waals surface area contributed by atoms with Gasteiger partial charge in [0.05, 0.1) is 19.9 Å². The highest BCUT2D eigenvalue weighted by Gasteiger charge is 2.05. The van der Waals surface area contributed by atoms with E-state index in [1.165, 1.54) is 11.1 Å². The van der Waals surface area contributed by atoms with Crippen LogP contribution in [-0.4, -0.2) is 49.6 Å². The topological polar surface area (TPSA) is 72.7 Å². The molecule has 1 aromatic heterocycles. The quantitative estimate of drug-likeness (QED) is 0.208. The van der Waals surface area contributed by atoms with Crippen LogP contribution in [0.3, 0.4) is 0 Å². The second-order valence-corrected chi connectivity index (χ2v) is 6.57. The number of methoxy groups -OCH3 is 1. The van der Waals surface area contributed by atoms with Crippen LogP contribution in [0.5, 0.6) is 11.5 Å². The lowest BCUT2D eigenvalue weighted by Crippen LogP contribution is -2.38. The van der Waals surface area contributed by atoms with Crippen molar-refractivity contribution < 1.29 is 9.47 Å². The molecular formula is C21H34IN5O2. The van der Waals surface area contributed by atoms with Gasteiger partial charge in [-0.25, -0.2) is 0 Å². The van der Waals surface area contributed by atoms with E-state index in [0.29, 0.717) is 6.61 Å². The summed E-state index contributed by atoms with van der Waals surface area (Å²) in [5, 5.41) is 10.9. The first-order valence-electron chi connectivity index (χ1n) is 9.88. The van der Waals surface area contributed by atoms with Crippen molar-refractivity contribution >= 4 is 29.9 Å². The van der Waals surface area contributed by atoms with Crippen molar-refractivity contribution in [3.63, 3.8) is 0 Å². The maximum Gasteiger partial charge on any atom is 0.190 e. The number of guanidine groups is 1. The molecule has 0 aliphatic carbocycles. The smallest absolute Gasteiger partial charge is 0.190 e. The molecule has 162 valence electrons. The Bertz CT molecular complexity index is 748. The van der Waals surface area contributed by atoms with Gasteiger partial charge >= 0.3 is 0 Å². The van der Waals surface area contributed by atoms with Gasteiger partial charge in [-0.15, -0.1) is 24.0 Å². The summed E-state index contributed by atoms with van der Waals surface area (Å²) in [7, 11) is 5.40. The highest BCUT2D eigenvalue weighted by molar-refractivity contribution is 14.0. The van der Waals surface area contributed by atoms with Crippen molar-refractivity contribution in [2.24, 2.45) is 12.0 Å². The first kappa shape index (κ1) is 25.1. The van der Waals surface area contributed by atoms with Gasteiger partial charge in [0.15, 0.2) is 17.5 Å². The summed E-state index contributed by atoms with van der Waals surface area (Å²) in [5.74, 6) is 2.43. The molecule has 0 amide bonds. The normalized spacial score (nSPS) is 11.0. The van der Waals surface area contributed by atoms with E-state index in [1.54, 1.807) is 14.2 Å². The van der Waals surface area contributed by atoms with Gasteiger partial charge in [0.2, 0.25) is 0 Å². The number of aliphatic imine (C=N–C) groups is 1. The van der Waals surface area contributed by atoms with Crippen LogP contribution in [0.25, 0.3) is 0 Å². The van der Waals surface area contributed by atoms with E-state index < -0.39 is 0 Å². The van der Waals surface area contributed by atoms with Crippen molar-refractivity contribution in [2.75, 3.05) is 33.9 Å². The van der Waals surface area contributed by atoms with Crippen LogP contribution in [0.1, 0.15) is 30.9 Å². The SMILES string of the molecule is CCOc1cc(CCCNC(=NC)NCCCc2cnn(C)c2)ccc1OC.I. The third-order valence-electron chi connectivity index (χ3n) is 4.38. The van der Waals surface area contributed by atoms with E-state index in [-0.39, 0.29) is 24.0 Å². The summed E-state index contributed by atoms with van der Waals surface area (Å²) in [6.45, 7) is 4.35. The third kappa shape index (κ3) is 8.93. The van der Waals surface area contributed by atoms with Crippen LogP contribution in [0.4, 0.5) is 0 Å². The Morgan fingerprint density at radius 2 is 1.79 bits per heavy atom. The van der Waals surface area contributed by atoms with Crippen molar-refractivity contribution in [1.82, 2.24) is 20.4 Å². The molecule has 29 heavy (non-hydrogen) atoms. The number of benzene rings is 1. The predicted octanol–water partition coefficient (Wildman–Crippen LogP) is 3.18. The summed E-state index contributed by atoms with van der Waals surface area (Å²) >= 11 is 0. The fourth-order valence-electron chi connectivity index (χ4n) is 2.97. The number of nitrogens with zero attached hydrogens (tertiary/aromatic N) is 3. The van der Waals surface area contributed by atoms with E-state index in [1.807, 2.05) is 30.9 Å². The Hall–Kier alpha value is -1.97.